The summed E-state index contributed by atoms with van der Waals surface area (Å²) in [6, 6.07) is 8.58. The van der Waals surface area contributed by atoms with E-state index in [9.17, 15) is 0 Å². The van der Waals surface area contributed by atoms with Crippen molar-refractivity contribution in [3.8, 4) is 0 Å². The van der Waals surface area contributed by atoms with Crippen LogP contribution in [0.4, 0.5) is 0 Å². The van der Waals surface area contributed by atoms with Crippen molar-refractivity contribution in [2.45, 2.75) is 39.0 Å². The zero-order valence-corrected chi connectivity index (χ0v) is 10.7. The van der Waals surface area contributed by atoms with Crippen LogP contribution >= 0.6 is 0 Å². The van der Waals surface area contributed by atoms with Crippen molar-refractivity contribution in [1.82, 2.24) is 0 Å². The minimum Gasteiger partial charge on any atom is -0.386 e. The highest BCUT2D eigenvalue weighted by molar-refractivity contribution is 6.04. The van der Waals surface area contributed by atoms with Gasteiger partial charge in [0.25, 0.3) is 0 Å². The average molecular weight is 229 g/mol. The van der Waals surface area contributed by atoms with E-state index in [-0.39, 0.29) is 5.41 Å². The molecule has 1 aromatic rings. The Morgan fingerprint density at radius 3 is 2.12 bits per heavy atom. The maximum absolute atomic E-state index is 5.60. The summed E-state index contributed by atoms with van der Waals surface area (Å²) in [4.78, 5) is 0. The van der Waals surface area contributed by atoms with Crippen LogP contribution in [0.1, 0.15) is 44.7 Å². The van der Waals surface area contributed by atoms with Gasteiger partial charge in [-0.25, -0.2) is 0 Å². The Bertz CT molecular complexity index is 461. The van der Waals surface area contributed by atoms with E-state index in [1.807, 2.05) is 0 Å². The molecule has 0 fully saturated rings. The highest BCUT2D eigenvalue weighted by Crippen LogP contribution is 2.23. The number of benzene rings is 1. The Hall–Kier alpha value is -1.64. The smallest absolute Gasteiger partial charge is 0.122 e. The second-order valence-electron chi connectivity index (χ2n) is 5.47. The molecule has 3 nitrogen and oxygen atoms in total. The molecule has 0 radical (unpaired) electrons. The van der Waals surface area contributed by atoms with Gasteiger partial charge < -0.3 is 5.73 Å². The molecule has 0 saturated carbocycles. The largest absolute Gasteiger partial charge is 0.386 e. The van der Waals surface area contributed by atoms with Gasteiger partial charge in [-0.1, -0.05) is 45.0 Å². The number of nitrogens with zero attached hydrogens (tertiary/aromatic N) is 2. The summed E-state index contributed by atoms with van der Waals surface area (Å²) in [5.41, 5.74) is 9.30. The number of nitrogens with two attached hydrogens (primary N) is 1. The molecule has 0 aromatic heterocycles. The third kappa shape index (κ3) is 2.73. The van der Waals surface area contributed by atoms with Crippen LogP contribution in [-0.4, -0.2) is 11.5 Å². The fourth-order valence-corrected chi connectivity index (χ4v) is 1.84. The third-order valence-corrected chi connectivity index (χ3v) is 3.00. The van der Waals surface area contributed by atoms with Gasteiger partial charge in [0.1, 0.15) is 5.84 Å². The highest BCUT2D eigenvalue weighted by atomic mass is 15.2. The minimum absolute atomic E-state index is 0.190. The highest BCUT2D eigenvalue weighted by Gasteiger charge is 2.14. The van der Waals surface area contributed by atoms with E-state index < -0.39 is 0 Å². The summed E-state index contributed by atoms with van der Waals surface area (Å²) in [6.45, 7) is 6.64. The molecule has 0 bridgehead atoms. The Kier molecular flexibility index (Phi) is 3.01. The van der Waals surface area contributed by atoms with Gasteiger partial charge >= 0.3 is 0 Å². The van der Waals surface area contributed by atoms with Crippen molar-refractivity contribution in [3.05, 3.63) is 35.4 Å². The molecular formula is C14H19N3. The summed E-state index contributed by atoms with van der Waals surface area (Å²) in [5.74, 6) is 0.625. The molecule has 90 valence electrons. The molecule has 2 rings (SSSR count). The lowest BCUT2D eigenvalue weighted by Crippen LogP contribution is -2.18. The summed E-state index contributed by atoms with van der Waals surface area (Å²) < 4.78 is 0. The Morgan fingerprint density at radius 2 is 1.65 bits per heavy atom. The molecule has 1 aliphatic rings. The van der Waals surface area contributed by atoms with Crippen molar-refractivity contribution < 1.29 is 0 Å². The first-order valence-corrected chi connectivity index (χ1v) is 5.96. The molecule has 0 saturated heterocycles. The summed E-state index contributed by atoms with van der Waals surface area (Å²) in [6.07, 6.45) is 1.68. The Balaban J connectivity index is 2.25. The lowest BCUT2D eigenvalue weighted by molar-refractivity contribution is 0.590. The lowest BCUT2D eigenvalue weighted by Gasteiger charge is -2.19. The van der Waals surface area contributed by atoms with Crippen LogP contribution in [-0.2, 0) is 5.41 Å². The van der Waals surface area contributed by atoms with Crippen LogP contribution < -0.4 is 5.73 Å². The summed E-state index contributed by atoms with van der Waals surface area (Å²) in [5, 5.41) is 8.09. The van der Waals surface area contributed by atoms with Crippen molar-refractivity contribution in [3.63, 3.8) is 0 Å². The monoisotopic (exact) mass is 229 g/mol. The van der Waals surface area contributed by atoms with E-state index in [0.29, 0.717) is 5.84 Å². The zero-order valence-electron chi connectivity index (χ0n) is 10.7. The molecule has 1 aromatic carbocycles. The standard InChI is InChI=1S/C14H19N3/c1-14(2,3)11-6-4-10(5-7-11)12-8-9-13(15)17-16-12/h4-7H,8-9H2,1-3H3,(H2,15,17). The first-order valence-electron chi connectivity index (χ1n) is 5.96. The predicted octanol–water partition coefficient (Wildman–Crippen LogP) is 2.84. The molecule has 0 spiro atoms. The van der Waals surface area contributed by atoms with Gasteiger partial charge in [0.2, 0.25) is 0 Å². The molecule has 0 atom stereocenters. The van der Waals surface area contributed by atoms with E-state index in [2.05, 4.69) is 55.2 Å². The molecular weight excluding hydrogens is 210 g/mol. The molecule has 1 heterocycles. The molecule has 0 unspecified atom stereocenters. The van der Waals surface area contributed by atoms with Crippen molar-refractivity contribution in [1.29, 1.82) is 0 Å². The van der Waals surface area contributed by atoms with Gasteiger partial charge in [-0.2, -0.15) is 5.10 Å². The molecule has 17 heavy (non-hydrogen) atoms. The molecule has 0 amide bonds. The molecule has 3 heteroatoms. The maximum atomic E-state index is 5.60. The van der Waals surface area contributed by atoms with E-state index in [0.717, 1.165) is 24.1 Å². The summed E-state index contributed by atoms with van der Waals surface area (Å²) in [7, 11) is 0. The maximum Gasteiger partial charge on any atom is 0.122 e. The fraction of sp³-hybridized carbons (Fsp3) is 0.429. The van der Waals surface area contributed by atoms with Gasteiger partial charge in [0.15, 0.2) is 0 Å². The van der Waals surface area contributed by atoms with Crippen LogP contribution in [0, 0.1) is 0 Å². The van der Waals surface area contributed by atoms with E-state index in [1.165, 1.54) is 5.56 Å². The number of hydrogen-bond donors (Lipinski definition) is 1. The van der Waals surface area contributed by atoms with Gasteiger partial charge in [0.05, 0.1) is 5.71 Å². The molecule has 0 aliphatic carbocycles. The van der Waals surface area contributed by atoms with E-state index in [1.54, 1.807) is 0 Å². The van der Waals surface area contributed by atoms with Crippen molar-refractivity contribution >= 4 is 11.5 Å². The van der Waals surface area contributed by atoms with Crippen LogP contribution in [0.2, 0.25) is 0 Å². The fourth-order valence-electron chi connectivity index (χ4n) is 1.84. The van der Waals surface area contributed by atoms with Crippen molar-refractivity contribution in [2.24, 2.45) is 15.9 Å². The molecule has 2 N–H and O–H groups in total. The Labute approximate surface area is 102 Å². The zero-order chi connectivity index (χ0) is 12.5. The lowest BCUT2D eigenvalue weighted by atomic mass is 9.86. The number of amidine groups is 1. The first kappa shape index (κ1) is 11.8. The average Bonchev–Trinajstić information content (AvgIpc) is 2.29. The second-order valence-corrected chi connectivity index (χ2v) is 5.47. The van der Waals surface area contributed by atoms with Crippen molar-refractivity contribution in [2.75, 3.05) is 0 Å². The normalized spacial score (nSPS) is 16.4. The second kappa shape index (κ2) is 4.32. The number of rotatable bonds is 1. The Morgan fingerprint density at radius 1 is 1.00 bits per heavy atom. The van der Waals surface area contributed by atoms with Gasteiger partial charge in [-0.05, 0) is 23.0 Å². The SMILES string of the molecule is CC(C)(C)c1ccc(C2=NN=C(N)CC2)cc1. The van der Waals surface area contributed by atoms with Crippen LogP contribution in [0.25, 0.3) is 0 Å². The quantitative estimate of drug-likeness (QED) is 0.791. The topological polar surface area (TPSA) is 50.7 Å². The van der Waals surface area contributed by atoms with Crippen LogP contribution in [0.3, 0.4) is 0 Å². The number of hydrogen-bond acceptors (Lipinski definition) is 3. The predicted molar refractivity (Wildman–Crippen MR) is 72.5 cm³/mol. The minimum atomic E-state index is 0.190. The third-order valence-electron chi connectivity index (χ3n) is 3.00. The van der Waals surface area contributed by atoms with E-state index >= 15 is 0 Å². The van der Waals surface area contributed by atoms with Gasteiger partial charge in [0, 0.05) is 6.42 Å². The van der Waals surface area contributed by atoms with Gasteiger partial charge in [-0.15, -0.1) is 5.10 Å². The summed E-state index contributed by atoms with van der Waals surface area (Å²) >= 11 is 0. The molecule has 1 aliphatic heterocycles. The van der Waals surface area contributed by atoms with Gasteiger partial charge in [-0.3, -0.25) is 0 Å². The first-order chi connectivity index (χ1) is 7.97. The van der Waals surface area contributed by atoms with Crippen LogP contribution in [0.15, 0.2) is 34.5 Å². The van der Waals surface area contributed by atoms with E-state index in [4.69, 9.17) is 5.73 Å². The van der Waals surface area contributed by atoms with Crippen LogP contribution in [0.5, 0.6) is 0 Å².